The molecule has 0 radical (unpaired) electrons. The van der Waals surface area contributed by atoms with Gasteiger partial charge in [-0.05, 0) is 68.4 Å². The minimum absolute atomic E-state index is 0.0291. The van der Waals surface area contributed by atoms with Gasteiger partial charge in [0, 0.05) is 88.1 Å². The van der Waals surface area contributed by atoms with Crippen LogP contribution in [-0.2, 0) is 27.3 Å². The molecule has 50 heavy (non-hydrogen) atoms. The highest BCUT2D eigenvalue weighted by Gasteiger charge is 2.36. The van der Waals surface area contributed by atoms with Gasteiger partial charge in [0.2, 0.25) is 5.91 Å². The lowest BCUT2D eigenvalue weighted by atomic mass is 9.99. The smallest absolute Gasteiger partial charge is 0.322 e. The number of aryl methyl sites for hydroxylation is 1. The van der Waals surface area contributed by atoms with E-state index < -0.39 is 6.04 Å². The second-order valence-electron chi connectivity index (χ2n) is 13.9. The van der Waals surface area contributed by atoms with Crippen LogP contribution in [0.5, 0.6) is 0 Å². The van der Waals surface area contributed by atoms with Crippen molar-refractivity contribution < 1.29 is 23.9 Å². The van der Waals surface area contributed by atoms with Gasteiger partial charge in [-0.2, -0.15) is 0 Å². The van der Waals surface area contributed by atoms with E-state index in [9.17, 15) is 19.2 Å². The maximum Gasteiger partial charge on any atom is 0.322 e. The highest BCUT2D eigenvalue weighted by Crippen LogP contribution is 2.28. The number of urea groups is 2. The van der Waals surface area contributed by atoms with E-state index in [1.54, 1.807) is 4.90 Å². The normalized spacial score (nSPS) is 20.2. The Balaban J connectivity index is 1.03. The lowest BCUT2D eigenvalue weighted by Gasteiger charge is -2.43. The largest absolute Gasteiger partial charge is 0.465 e. The van der Waals surface area contributed by atoms with Gasteiger partial charge in [0.1, 0.15) is 6.04 Å². The lowest BCUT2D eigenvalue weighted by Crippen LogP contribution is -2.58. The first-order valence-corrected chi connectivity index (χ1v) is 18.4. The lowest BCUT2D eigenvalue weighted by molar-refractivity contribution is -0.145. The fourth-order valence-electron chi connectivity index (χ4n) is 7.69. The Morgan fingerprint density at radius 3 is 2.30 bits per heavy atom. The van der Waals surface area contributed by atoms with E-state index in [1.807, 2.05) is 66.1 Å². The maximum absolute atomic E-state index is 14.1. The Hall–Kier alpha value is -3.87. The molecule has 3 saturated heterocycles. The predicted octanol–water partition coefficient (Wildman–Crippen LogP) is 3.95. The summed E-state index contributed by atoms with van der Waals surface area (Å²) in [4.78, 5) is 62.7. The van der Waals surface area contributed by atoms with Crippen molar-refractivity contribution in [1.29, 1.82) is 0 Å². The Morgan fingerprint density at radius 1 is 0.920 bits per heavy atom. The zero-order valence-electron chi connectivity index (χ0n) is 29.2. The number of esters is 1. The molecule has 1 atom stereocenters. The summed E-state index contributed by atoms with van der Waals surface area (Å²) in [6, 6.07) is 12.9. The number of fused-ring (bicyclic) bond motifs is 1. The third-order valence-electron chi connectivity index (χ3n) is 10.7. The summed E-state index contributed by atoms with van der Waals surface area (Å²) in [6.45, 7) is 10.7. The third kappa shape index (κ3) is 8.70. The number of carbonyl (C=O) groups is 4. The van der Waals surface area contributed by atoms with E-state index >= 15 is 0 Å². The zero-order valence-corrected chi connectivity index (χ0v) is 30.0. The minimum atomic E-state index is -0.730. The monoisotopic (exact) mass is 707 g/mol. The number of piperazine rings is 1. The summed E-state index contributed by atoms with van der Waals surface area (Å²) in [5.74, 6) is -0.254. The summed E-state index contributed by atoms with van der Waals surface area (Å²) in [6.07, 6.45) is 3.40. The average molecular weight is 708 g/mol. The van der Waals surface area contributed by atoms with Gasteiger partial charge >= 0.3 is 18.0 Å². The van der Waals surface area contributed by atoms with Gasteiger partial charge in [-0.3, -0.25) is 19.4 Å². The number of halogens is 1. The molecule has 1 unspecified atom stereocenters. The van der Waals surface area contributed by atoms with Crippen LogP contribution in [0.25, 0.3) is 0 Å². The van der Waals surface area contributed by atoms with Crippen LogP contribution >= 0.6 is 11.6 Å². The highest BCUT2D eigenvalue weighted by molar-refractivity contribution is 6.31. The summed E-state index contributed by atoms with van der Waals surface area (Å²) >= 11 is 6.45. The van der Waals surface area contributed by atoms with Crippen molar-refractivity contribution in [2.24, 2.45) is 0 Å². The Labute approximate surface area is 300 Å². The molecule has 2 aromatic carbocycles. The first kappa shape index (κ1) is 35.9. The van der Waals surface area contributed by atoms with Gasteiger partial charge in [0.25, 0.3) is 0 Å². The van der Waals surface area contributed by atoms with Crippen molar-refractivity contribution in [3.8, 4) is 0 Å². The SMILES string of the molecule is CCOC(=O)CN1CCN(C2CCN(C(=O)C(Cc3ccc(C)c(Cl)c3)NC(=O)N3CCC(N4Cc5ccccc5NC4=O)CC3)CC2)CC1. The Kier molecular flexibility index (Phi) is 11.8. The van der Waals surface area contributed by atoms with E-state index in [2.05, 4.69) is 20.4 Å². The number of amides is 5. The molecule has 6 rings (SSSR count). The molecular formula is C37H50ClN7O5. The van der Waals surface area contributed by atoms with Gasteiger partial charge in [-0.15, -0.1) is 0 Å². The van der Waals surface area contributed by atoms with Crippen molar-refractivity contribution >= 4 is 41.2 Å². The molecule has 270 valence electrons. The van der Waals surface area contributed by atoms with E-state index in [0.29, 0.717) is 76.2 Å². The van der Waals surface area contributed by atoms with Gasteiger partial charge in [0.05, 0.1) is 13.2 Å². The second-order valence-corrected chi connectivity index (χ2v) is 14.3. The van der Waals surface area contributed by atoms with Crippen LogP contribution in [0.2, 0.25) is 5.02 Å². The highest BCUT2D eigenvalue weighted by atomic mass is 35.5. The number of likely N-dealkylation sites (tertiary alicyclic amines) is 2. The number of carbonyl (C=O) groups excluding carboxylic acids is 4. The third-order valence-corrected chi connectivity index (χ3v) is 11.1. The number of hydrogen-bond donors (Lipinski definition) is 2. The fourth-order valence-corrected chi connectivity index (χ4v) is 7.89. The number of ether oxygens (including phenoxy) is 1. The molecule has 4 aliphatic rings. The van der Waals surface area contributed by atoms with Crippen molar-refractivity contribution in [3.05, 3.63) is 64.2 Å². The van der Waals surface area contributed by atoms with Gasteiger partial charge in [0.15, 0.2) is 0 Å². The fraction of sp³-hybridized carbons (Fsp3) is 0.568. The van der Waals surface area contributed by atoms with E-state index in [4.69, 9.17) is 16.3 Å². The number of anilines is 1. The summed E-state index contributed by atoms with van der Waals surface area (Å²) < 4.78 is 5.11. The van der Waals surface area contributed by atoms with Crippen LogP contribution < -0.4 is 10.6 Å². The van der Waals surface area contributed by atoms with Crippen molar-refractivity contribution in [3.63, 3.8) is 0 Å². The molecule has 0 aliphatic carbocycles. The Morgan fingerprint density at radius 2 is 1.60 bits per heavy atom. The van der Waals surface area contributed by atoms with Crippen molar-refractivity contribution in [1.82, 2.24) is 29.8 Å². The summed E-state index contributed by atoms with van der Waals surface area (Å²) in [5.41, 5.74) is 3.79. The molecule has 0 spiro atoms. The number of nitrogens with one attached hydrogen (secondary N) is 2. The molecule has 12 nitrogen and oxygen atoms in total. The van der Waals surface area contributed by atoms with E-state index in [-0.39, 0.29) is 30.0 Å². The second kappa shape index (κ2) is 16.4. The average Bonchev–Trinajstić information content (AvgIpc) is 3.13. The predicted molar refractivity (Wildman–Crippen MR) is 192 cm³/mol. The van der Waals surface area contributed by atoms with Crippen LogP contribution in [0.3, 0.4) is 0 Å². The molecule has 5 amide bonds. The molecule has 13 heteroatoms. The number of para-hydroxylation sites is 1. The molecule has 4 aliphatic heterocycles. The quantitative estimate of drug-likeness (QED) is 0.379. The number of piperidine rings is 2. The van der Waals surface area contributed by atoms with Gasteiger partial charge in [-0.1, -0.05) is 41.9 Å². The molecule has 2 aromatic rings. The van der Waals surface area contributed by atoms with Gasteiger partial charge < -0.3 is 30.1 Å². The van der Waals surface area contributed by atoms with E-state index in [0.717, 1.165) is 61.4 Å². The zero-order chi connectivity index (χ0) is 35.2. The Bertz CT molecular complexity index is 1530. The van der Waals surface area contributed by atoms with Crippen LogP contribution in [0.15, 0.2) is 42.5 Å². The van der Waals surface area contributed by atoms with Gasteiger partial charge in [-0.25, -0.2) is 9.59 Å². The number of hydrogen-bond acceptors (Lipinski definition) is 7. The van der Waals surface area contributed by atoms with E-state index in [1.165, 1.54) is 0 Å². The van der Waals surface area contributed by atoms with Crippen molar-refractivity contribution in [2.45, 2.75) is 70.6 Å². The number of rotatable bonds is 9. The van der Waals surface area contributed by atoms with Crippen LogP contribution in [0, 0.1) is 6.92 Å². The molecule has 2 N–H and O–H groups in total. The summed E-state index contributed by atoms with van der Waals surface area (Å²) in [7, 11) is 0. The molecule has 0 saturated carbocycles. The maximum atomic E-state index is 14.1. The number of benzene rings is 2. The van der Waals surface area contributed by atoms with Crippen LogP contribution in [-0.4, -0.2) is 132 Å². The van der Waals surface area contributed by atoms with Crippen LogP contribution in [0.1, 0.15) is 49.3 Å². The molecule has 0 aromatic heterocycles. The van der Waals surface area contributed by atoms with Crippen molar-refractivity contribution in [2.75, 3.05) is 70.8 Å². The molecular weight excluding hydrogens is 658 g/mol. The van der Waals surface area contributed by atoms with Crippen LogP contribution in [0.4, 0.5) is 15.3 Å². The molecule has 3 fully saturated rings. The first-order valence-electron chi connectivity index (χ1n) is 18.0. The summed E-state index contributed by atoms with van der Waals surface area (Å²) in [5, 5.41) is 6.72. The molecule has 4 heterocycles. The standard InChI is InChI=1S/C37H50ClN7O5/c1-3-50-34(46)25-41-18-20-42(21-19-41)29-10-14-43(15-11-29)35(47)33(23-27-9-8-26(2)31(38)22-27)40-36(48)44-16-12-30(13-17-44)45-24-28-6-4-5-7-32(28)39-37(45)49/h4-9,22,29-30,33H,3,10-21,23-25H2,1-2H3,(H,39,49)(H,40,48). The molecule has 0 bridgehead atoms. The first-order chi connectivity index (χ1) is 24.2. The minimum Gasteiger partial charge on any atom is -0.465 e. The topological polar surface area (TPSA) is 118 Å². The number of nitrogens with zero attached hydrogens (tertiary/aromatic N) is 5.